The molecule has 108 valence electrons. The first-order chi connectivity index (χ1) is 10.6. The van der Waals surface area contributed by atoms with E-state index in [2.05, 4.69) is 19.1 Å². The van der Waals surface area contributed by atoms with E-state index in [-0.39, 0.29) is 11.5 Å². The number of fused-ring (bicyclic) bond motifs is 4. The summed E-state index contributed by atoms with van der Waals surface area (Å²) in [5.41, 5.74) is 2.12. The van der Waals surface area contributed by atoms with Gasteiger partial charge in [-0.1, -0.05) is 48.5 Å². The number of phenols is 2. The lowest BCUT2D eigenvalue weighted by Gasteiger charge is -2.16. The van der Waals surface area contributed by atoms with Gasteiger partial charge in [-0.25, -0.2) is 0 Å². The van der Waals surface area contributed by atoms with Crippen molar-refractivity contribution in [3.8, 4) is 11.5 Å². The van der Waals surface area contributed by atoms with Gasteiger partial charge >= 0.3 is 0 Å². The number of rotatable bonds is 0. The van der Waals surface area contributed by atoms with Crippen LogP contribution in [0.2, 0.25) is 0 Å². The average Bonchev–Trinajstić information content (AvgIpc) is 2.56. The summed E-state index contributed by atoms with van der Waals surface area (Å²) < 4.78 is 0. The highest BCUT2D eigenvalue weighted by atomic mass is 16.3. The molecule has 0 heterocycles. The highest BCUT2D eigenvalue weighted by Crippen LogP contribution is 2.46. The molecule has 2 N–H and O–H groups in total. The SMILES string of the molecule is Cc1c2ccccc2c(C)c2c1c(O)c(O)c1ccccc12. The fourth-order valence-corrected chi connectivity index (χ4v) is 3.57. The lowest BCUT2D eigenvalue weighted by molar-refractivity contribution is 0.412. The van der Waals surface area contributed by atoms with E-state index in [1.165, 1.54) is 5.39 Å². The van der Waals surface area contributed by atoms with Crippen LogP contribution in [0.15, 0.2) is 48.5 Å². The Morgan fingerprint density at radius 1 is 0.545 bits per heavy atom. The molecule has 0 aliphatic heterocycles. The third-order valence-corrected chi connectivity index (χ3v) is 4.65. The number of hydrogen-bond donors (Lipinski definition) is 2. The number of aryl methyl sites for hydroxylation is 2. The molecule has 0 aliphatic rings. The van der Waals surface area contributed by atoms with Crippen molar-refractivity contribution in [1.82, 2.24) is 0 Å². The van der Waals surface area contributed by atoms with Gasteiger partial charge in [-0.05, 0) is 46.5 Å². The lowest BCUT2D eigenvalue weighted by Crippen LogP contribution is -1.91. The zero-order chi connectivity index (χ0) is 15.4. The normalized spacial score (nSPS) is 11.5. The summed E-state index contributed by atoms with van der Waals surface area (Å²) in [6.45, 7) is 4.07. The number of aromatic hydroxyl groups is 2. The van der Waals surface area contributed by atoms with Gasteiger partial charge in [0.15, 0.2) is 11.5 Å². The first kappa shape index (κ1) is 13.0. The van der Waals surface area contributed by atoms with Crippen molar-refractivity contribution in [2.45, 2.75) is 13.8 Å². The van der Waals surface area contributed by atoms with E-state index in [1.807, 2.05) is 43.3 Å². The van der Waals surface area contributed by atoms with Crippen molar-refractivity contribution in [2.24, 2.45) is 0 Å². The smallest absolute Gasteiger partial charge is 0.166 e. The van der Waals surface area contributed by atoms with Crippen molar-refractivity contribution >= 4 is 32.3 Å². The Morgan fingerprint density at radius 3 is 1.59 bits per heavy atom. The second-order valence-electron chi connectivity index (χ2n) is 5.79. The van der Waals surface area contributed by atoms with Crippen LogP contribution < -0.4 is 0 Å². The fraction of sp³-hybridized carbons (Fsp3) is 0.100. The first-order valence-corrected chi connectivity index (χ1v) is 7.35. The Bertz CT molecular complexity index is 1060. The summed E-state index contributed by atoms with van der Waals surface area (Å²) in [6.07, 6.45) is 0. The number of benzene rings is 4. The molecule has 22 heavy (non-hydrogen) atoms. The van der Waals surface area contributed by atoms with E-state index >= 15 is 0 Å². The van der Waals surface area contributed by atoms with Crippen molar-refractivity contribution in [3.05, 3.63) is 59.7 Å². The number of phenolic OH excluding ortho intramolecular Hbond substituents is 2. The molecule has 0 aromatic heterocycles. The molecule has 0 saturated carbocycles. The topological polar surface area (TPSA) is 40.5 Å². The summed E-state index contributed by atoms with van der Waals surface area (Å²) in [5.74, 6) is -0.0686. The predicted octanol–water partition coefficient (Wildman–Crippen LogP) is 5.17. The van der Waals surface area contributed by atoms with Crippen LogP contribution in [-0.4, -0.2) is 10.2 Å². The van der Waals surface area contributed by atoms with Crippen molar-refractivity contribution in [1.29, 1.82) is 0 Å². The van der Waals surface area contributed by atoms with Gasteiger partial charge in [-0.15, -0.1) is 0 Å². The summed E-state index contributed by atoms with van der Waals surface area (Å²) in [6, 6.07) is 15.9. The Kier molecular flexibility index (Phi) is 2.58. The van der Waals surface area contributed by atoms with Crippen LogP contribution in [0.4, 0.5) is 0 Å². The standard InChI is InChI=1S/C20H16O2/c1-11-13-7-3-4-8-14(13)12(2)18-17(11)15-9-5-6-10-16(15)19(21)20(18)22/h3-10,21-22H,1-2H3. The van der Waals surface area contributed by atoms with Crippen LogP contribution in [-0.2, 0) is 0 Å². The maximum Gasteiger partial charge on any atom is 0.166 e. The molecule has 0 spiro atoms. The Labute approximate surface area is 128 Å². The summed E-state index contributed by atoms with van der Waals surface area (Å²) in [5, 5.41) is 26.7. The summed E-state index contributed by atoms with van der Waals surface area (Å²) >= 11 is 0. The largest absolute Gasteiger partial charge is 0.504 e. The maximum atomic E-state index is 10.6. The van der Waals surface area contributed by atoms with Gasteiger partial charge < -0.3 is 10.2 Å². The maximum absolute atomic E-state index is 10.6. The third-order valence-electron chi connectivity index (χ3n) is 4.65. The summed E-state index contributed by atoms with van der Waals surface area (Å²) in [7, 11) is 0. The Hall–Kier alpha value is -2.74. The minimum Gasteiger partial charge on any atom is -0.504 e. The molecule has 4 aromatic rings. The second-order valence-corrected chi connectivity index (χ2v) is 5.79. The Balaban J connectivity index is 2.45. The zero-order valence-corrected chi connectivity index (χ0v) is 12.5. The van der Waals surface area contributed by atoms with E-state index in [1.54, 1.807) is 0 Å². The highest BCUT2D eigenvalue weighted by molar-refractivity contribution is 6.20. The number of hydrogen-bond acceptors (Lipinski definition) is 2. The molecule has 2 heteroatoms. The molecule has 0 saturated heterocycles. The molecule has 0 unspecified atom stereocenters. The van der Waals surface area contributed by atoms with E-state index in [0.29, 0.717) is 5.39 Å². The van der Waals surface area contributed by atoms with E-state index in [0.717, 1.165) is 32.7 Å². The molecule has 0 aliphatic carbocycles. The van der Waals surface area contributed by atoms with E-state index in [9.17, 15) is 10.2 Å². The van der Waals surface area contributed by atoms with Crippen LogP contribution in [0.25, 0.3) is 32.3 Å². The first-order valence-electron chi connectivity index (χ1n) is 7.35. The van der Waals surface area contributed by atoms with Crippen LogP contribution in [0, 0.1) is 13.8 Å². The van der Waals surface area contributed by atoms with E-state index < -0.39 is 0 Å². The van der Waals surface area contributed by atoms with Gasteiger partial charge in [-0.3, -0.25) is 0 Å². The van der Waals surface area contributed by atoms with Crippen LogP contribution >= 0.6 is 0 Å². The zero-order valence-electron chi connectivity index (χ0n) is 12.5. The van der Waals surface area contributed by atoms with Gasteiger partial charge in [-0.2, -0.15) is 0 Å². The van der Waals surface area contributed by atoms with E-state index in [4.69, 9.17) is 0 Å². The molecular weight excluding hydrogens is 272 g/mol. The lowest BCUT2D eigenvalue weighted by atomic mass is 9.89. The van der Waals surface area contributed by atoms with Gasteiger partial charge in [0.05, 0.1) is 0 Å². The van der Waals surface area contributed by atoms with Gasteiger partial charge in [0.2, 0.25) is 0 Å². The molecule has 4 rings (SSSR count). The van der Waals surface area contributed by atoms with Crippen molar-refractivity contribution in [2.75, 3.05) is 0 Å². The molecule has 0 bridgehead atoms. The fourth-order valence-electron chi connectivity index (χ4n) is 3.57. The molecule has 2 nitrogen and oxygen atoms in total. The third kappa shape index (κ3) is 1.49. The van der Waals surface area contributed by atoms with Crippen molar-refractivity contribution < 1.29 is 10.2 Å². The van der Waals surface area contributed by atoms with Gasteiger partial charge in [0.1, 0.15) is 0 Å². The highest BCUT2D eigenvalue weighted by Gasteiger charge is 2.18. The van der Waals surface area contributed by atoms with Crippen LogP contribution in [0.3, 0.4) is 0 Å². The van der Waals surface area contributed by atoms with Crippen molar-refractivity contribution in [3.63, 3.8) is 0 Å². The Morgan fingerprint density at radius 2 is 1.00 bits per heavy atom. The molecular formula is C20H16O2. The molecule has 0 amide bonds. The minimum atomic E-state index is -0.0409. The monoisotopic (exact) mass is 288 g/mol. The second kappa shape index (κ2) is 4.38. The molecule has 4 aromatic carbocycles. The molecule has 0 atom stereocenters. The quantitative estimate of drug-likeness (QED) is 0.266. The molecule has 0 fully saturated rings. The van der Waals surface area contributed by atoms with Gasteiger partial charge in [0, 0.05) is 10.8 Å². The summed E-state index contributed by atoms with van der Waals surface area (Å²) in [4.78, 5) is 0. The predicted molar refractivity (Wildman–Crippen MR) is 91.8 cm³/mol. The average molecular weight is 288 g/mol. The van der Waals surface area contributed by atoms with Gasteiger partial charge in [0.25, 0.3) is 0 Å². The molecule has 0 radical (unpaired) electrons. The van der Waals surface area contributed by atoms with Crippen LogP contribution in [0.1, 0.15) is 11.1 Å². The minimum absolute atomic E-state index is 0.0277. The van der Waals surface area contributed by atoms with Crippen LogP contribution in [0.5, 0.6) is 11.5 Å².